The van der Waals surface area contributed by atoms with E-state index in [9.17, 15) is 13.2 Å². The zero-order valence-electron chi connectivity index (χ0n) is 19.2. The van der Waals surface area contributed by atoms with Gasteiger partial charge in [0, 0.05) is 35.9 Å². The second-order valence-corrected chi connectivity index (χ2v) is 8.53. The second-order valence-electron chi connectivity index (χ2n) is 8.53. The summed E-state index contributed by atoms with van der Waals surface area (Å²) in [6.07, 6.45) is 4.55. The van der Waals surface area contributed by atoms with E-state index in [0.29, 0.717) is 18.2 Å². The van der Waals surface area contributed by atoms with Crippen LogP contribution in [-0.2, 0) is 0 Å². The molecule has 2 rings (SSSR count). The lowest BCUT2D eigenvalue weighted by Gasteiger charge is -2.28. The topological polar surface area (TPSA) is 40.3 Å². The summed E-state index contributed by atoms with van der Waals surface area (Å²) >= 11 is 0. The molecule has 0 radical (unpaired) electrons. The van der Waals surface area contributed by atoms with Crippen molar-refractivity contribution in [3.05, 3.63) is 35.8 Å². The third kappa shape index (κ3) is 8.46. The SMILES string of the molecule is C=C1CCC(/C(=C/N=C(\C)CCC(F)(F)F)CC)=NN1C/C(C)=C/N=C(\C)C1CCC1. The van der Waals surface area contributed by atoms with Gasteiger partial charge in [0.2, 0.25) is 0 Å². The average Bonchev–Trinajstić information content (AvgIpc) is 2.65. The molecule has 0 unspecified atom stereocenters. The van der Waals surface area contributed by atoms with Gasteiger partial charge in [-0.05, 0) is 76.4 Å². The fraction of sp³-hybridized carbons (Fsp3) is 0.625. The maximum Gasteiger partial charge on any atom is 0.389 e. The maximum absolute atomic E-state index is 12.4. The summed E-state index contributed by atoms with van der Waals surface area (Å²) in [6.45, 7) is 12.5. The third-order valence-electron chi connectivity index (χ3n) is 5.80. The molecule has 0 amide bonds. The minimum atomic E-state index is -4.16. The normalized spacial score (nSPS) is 20.2. The highest BCUT2D eigenvalue weighted by Gasteiger charge is 2.26. The number of hydrogen-bond donors (Lipinski definition) is 0. The zero-order chi connectivity index (χ0) is 23.0. The standard InChI is InChI=1S/C24H35F3N4/c1-6-21(15-28-18(3)12-13-24(25,26)27)23-11-10-19(4)31(30-23)16-17(2)14-29-20(5)22-8-7-9-22/h14-15,22H,4,6-13,16H2,1-3,5H3/b17-14+,21-15+,28-18+,29-20+. The number of nitrogens with zero attached hydrogens (tertiary/aromatic N) is 4. The molecule has 0 aromatic carbocycles. The van der Waals surface area contributed by atoms with Crippen LogP contribution in [0.1, 0.15) is 79.1 Å². The lowest BCUT2D eigenvalue weighted by Crippen LogP contribution is -2.26. The minimum absolute atomic E-state index is 0.0861. The molecule has 1 heterocycles. The molecule has 4 nitrogen and oxygen atoms in total. The van der Waals surface area contributed by atoms with Crippen LogP contribution in [0.4, 0.5) is 13.2 Å². The van der Waals surface area contributed by atoms with Gasteiger partial charge >= 0.3 is 6.18 Å². The van der Waals surface area contributed by atoms with Crippen molar-refractivity contribution in [3.63, 3.8) is 0 Å². The predicted octanol–water partition coefficient (Wildman–Crippen LogP) is 7.21. The molecule has 0 atom stereocenters. The smallest absolute Gasteiger partial charge is 0.266 e. The van der Waals surface area contributed by atoms with E-state index >= 15 is 0 Å². The first kappa shape index (κ1) is 25.1. The van der Waals surface area contributed by atoms with E-state index in [-0.39, 0.29) is 6.42 Å². The monoisotopic (exact) mass is 436 g/mol. The van der Waals surface area contributed by atoms with Gasteiger partial charge in [-0.3, -0.25) is 15.0 Å². The van der Waals surface area contributed by atoms with Crippen LogP contribution in [0.2, 0.25) is 0 Å². The van der Waals surface area contributed by atoms with Crippen molar-refractivity contribution in [1.29, 1.82) is 0 Å². The first-order chi connectivity index (χ1) is 14.6. The van der Waals surface area contributed by atoms with Crippen LogP contribution in [0, 0.1) is 5.92 Å². The Labute approximate surface area is 184 Å². The largest absolute Gasteiger partial charge is 0.389 e. The molecule has 0 saturated heterocycles. The second kappa shape index (κ2) is 11.4. The number of allylic oxidation sites excluding steroid dienone is 2. The van der Waals surface area contributed by atoms with Crippen LogP contribution in [0.25, 0.3) is 0 Å². The molecule has 2 aliphatic rings. The molecule has 0 N–H and O–H groups in total. The maximum atomic E-state index is 12.4. The molecule has 1 aliphatic carbocycles. The molecule has 0 spiro atoms. The van der Waals surface area contributed by atoms with E-state index < -0.39 is 12.6 Å². The van der Waals surface area contributed by atoms with E-state index in [0.717, 1.165) is 41.8 Å². The van der Waals surface area contributed by atoms with Gasteiger partial charge in [0.1, 0.15) is 0 Å². The van der Waals surface area contributed by atoms with Gasteiger partial charge in [-0.2, -0.15) is 18.3 Å². The van der Waals surface area contributed by atoms with Gasteiger partial charge in [-0.25, -0.2) is 0 Å². The predicted molar refractivity (Wildman–Crippen MR) is 123 cm³/mol. The highest BCUT2D eigenvalue weighted by Crippen LogP contribution is 2.28. The van der Waals surface area contributed by atoms with Crippen LogP contribution in [0.3, 0.4) is 0 Å². The lowest BCUT2D eigenvalue weighted by molar-refractivity contribution is -0.132. The van der Waals surface area contributed by atoms with E-state index in [2.05, 4.69) is 23.5 Å². The van der Waals surface area contributed by atoms with E-state index in [1.54, 1.807) is 13.1 Å². The summed E-state index contributed by atoms with van der Waals surface area (Å²) in [5, 5.41) is 6.68. The summed E-state index contributed by atoms with van der Waals surface area (Å²) in [5.41, 5.74) is 5.60. The first-order valence-electron chi connectivity index (χ1n) is 11.1. The fourth-order valence-electron chi connectivity index (χ4n) is 3.40. The highest BCUT2D eigenvalue weighted by molar-refractivity contribution is 6.00. The lowest BCUT2D eigenvalue weighted by atomic mass is 9.82. The van der Waals surface area contributed by atoms with Crippen LogP contribution in [0.15, 0.2) is 50.9 Å². The van der Waals surface area contributed by atoms with Crippen molar-refractivity contribution >= 4 is 17.1 Å². The van der Waals surface area contributed by atoms with Crippen LogP contribution < -0.4 is 0 Å². The Bertz CT molecular complexity index is 796. The van der Waals surface area contributed by atoms with Gasteiger partial charge < -0.3 is 0 Å². The molecule has 1 saturated carbocycles. The fourth-order valence-corrected chi connectivity index (χ4v) is 3.40. The summed E-state index contributed by atoms with van der Waals surface area (Å²) in [4.78, 5) is 8.89. The van der Waals surface area contributed by atoms with Crippen molar-refractivity contribution in [2.45, 2.75) is 85.2 Å². The number of rotatable bonds is 9. The Balaban J connectivity index is 2.07. The van der Waals surface area contributed by atoms with Crippen LogP contribution in [0.5, 0.6) is 0 Å². The molecule has 1 aliphatic heterocycles. The summed E-state index contributed by atoms with van der Waals surface area (Å²) in [7, 11) is 0. The Morgan fingerprint density at radius 2 is 1.87 bits per heavy atom. The van der Waals surface area contributed by atoms with Crippen LogP contribution in [-0.4, -0.2) is 34.9 Å². The van der Waals surface area contributed by atoms with Crippen molar-refractivity contribution in [2.24, 2.45) is 21.0 Å². The quantitative estimate of drug-likeness (QED) is 0.352. The van der Waals surface area contributed by atoms with Gasteiger partial charge in [0.25, 0.3) is 0 Å². The van der Waals surface area contributed by atoms with Gasteiger partial charge in [0.15, 0.2) is 0 Å². The van der Waals surface area contributed by atoms with Crippen molar-refractivity contribution < 1.29 is 13.2 Å². The minimum Gasteiger partial charge on any atom is -0.266 e. The highest BCUT2D eigenvalue weighted by atomic mass is 19.4. The van der Waals surface area contributed by atoms with Gasteiger partial charge in [-0.1, -0.05) is 19.9 Å². The molecule has 7 heteroatoms. The number of aliphatic imine (C=N–C) groups is 2. The number of hydrogen-bond acceptors (Lipinski definition) is 4. The molecular formula is C24H35F3N4. The molecule has 1 fully saturated rings. The van der Waals surface area contributed by atoms with Gasteiger partial charge in [-0.15, -0.1) is 0 Å². The average molecular weight is 437 g/mol. The summed E-state index contributed by atoms with van der Waals surface area (Å²) in [5.74, 6) is 0.635. The molecule has 0 aromatic rings. The van der Waals surface area contributed by atoms with Gasteiger partial charge in [0.05, 0.1) is 12.3 Å². The number of alkyl halides is 3. The van der Waals surface area contributed by atoms with E-state index in [1.165, 1.54) is 25.0 Å². The molecular weight excluding hydrogens is 401 g/mol. The summed E-state index contributed by atoms with van der Waals surface area (Å²) in [6, 6.07) is 0. The number of halogens is 3. The van der Waals surface area contributed by atoms with Crippen molar-refractivity contribution in [1.82, 2.24) is 5.01 Å². The Morgan fingerprint density at radius 1 is 1.16 bits per heavy atom. The third-order valence-corrected chi connectivity index (χ3v) is 5.80. The van der Waals surface area contributed by atoms with Crippen molar-refractivity contribution in [3.8, 4) is 0 Å². The zero-order valence-corrected chi connectivity index (χ0v) is 19.2. The Hall–Kier alpha value is -2.18. The molecule has 31 heavy (non-hydrogen) atoms. The molecule has 0 bridgehead atoms. The van der Waals surface area contributed by atoms with E-state index in [4.69, 9.17) is 5.10 Å². The Kier molecular flexibility index (Phi) is 9.26. The molecule has 172 valence electrons. The Morgan fingerprint density at radius 3 is 2.45 bits per heavy atom. The van der Waals surface area contributed by atoms with Crippen molar-refractivity contribution in [2.75, 3.05) is 6.54 Å². The van der Waals surface area contributed by atoms with E-state index in [1.807, 2.05) is 25.1 Å². The van der Waals surface area contributed by atoms with Crippen LogP contribution >= 0.6 is 0 Å². The number of hydrazone groups is 1. The molecule has 0 aromatic heterocycles. The first-order valence-corrected chi connectivity index (χ1v) is 11.1. The summed E-state index contributed by atoms with van der Waals surface area (Å²) < 4.78 is 37.2.